The first-order chi connectivity index (χ1) is 15.2. The molecule has 0 bridgehead atoms. The molecule has 3 amide bonds. The van der Waals surface area contributed by atoms with E-state index in [1.54, 1.807) is 64.2 Å². The largest absolute Gasteiger partial charge is 0.459 e. The summed E-state index contributed by atoms with van der Waals surface area (Å²) < 4.78 is 18.5. The molecule has 0 saturated heterocycles. The van der Waals surface area contributed by atoms with Gasteiger partial charge in [-0.1, -0.05) is 24.3 Å². The van der Waals surface area contributed by atoms with Crippen LogP contribution >= 0.6 is 0 Å². The van der Waals surface area contributed by atoms with E-state index in [4.69, 9.17) is 4.74 Å². The second-order valence-corrected chi connectivity index (χ2v) is 7.87. The van der Waals surface area contributed by atoms with Crippen LogP contribution in [0.5, 0.6) is 0 Å². The highest BCUT2D eigenvalue weighted by molar-refractivity contribution is 5.95. The van der Waals surface area contributed by atoms with Gasteiger partial charge in [0.25, 0.3) is 0 Å². The van der Waals surface area contributed by atoms with Crippen molar-refractivity contribution in [3.8, 4) is 0 Å². The topological polar surface area (TPSA) is 87.7 Å². The predicted molar refractivity (Wildman–Crippen MR) is 118 cm³/mol. The van der Waals surface area contributed by atoms with Gasteiger partial charge >= 0.3 is 12.0 Å². The van der Waals surface area contributed by atoms with E-state index in [-0.39, 0.29) is 30.3 Å². The van der Waals surface area contributed by atoms with Crippen LogP contribution in [0.1, 0.15) is 37.9 Å². The Balaban J connectivity index is 1.84. The lowest BCUT2D eigenvalue weighted by Crippen LogP contribution is -2.46. The van der Waals surface area contributed by atoms with Gasteiger partial charge in [-0.3, -0.25) is 4.79 Å². The van der Waals surface area contributed by atoms with Gasteiger partial charge in [-0.2, -0.15) is 0 Å². The zero-order chi connectivity index (χ0) is 23.4. The average molecular weight is 439 g/mol. The van der Waals surface area contributed by atoms with Crippen LogP contribution in [0.4, 0.5) is 14.9 Å². The minimum Gasteiger partial charge on any atom is -0.459 e. The van der Waals surface area contributed by atoms with Crippen LogP contribution in [0, 0.1) is 5.82 Å². The number of nitrogens with one attached hydrogen (secondary N) is 2. The standard InChI is InChI=1S/C24H26FN3O4/c1-14(2)32-23(30)21-15(3)28(4)24(31)27-22(21)17-6-5-7-19(13-17)26-20(29)12-16-8-10-18(25)11-9-16/h5-11,13-14,22H,12H2,1-4H3,(H,26,29)(H,27,31)/t22-/m0/s1. The second-order valence-electron chi connectivity index (χ2n) is 7.87. The van der Waals surface area contributed by atoms with Crippen molar-refractivity contribution in [2.24, 2.45) is 0 Å². The third-order valence-corrected chi connectivity index (χ3v) is 5.10. The molecule has 0 unspecified atom stereocenters. The van der Waals surface area contributed by atoms with Crippen LogP contribution in [-0.2, 0) is 20.7 Å². The number of amides is 3. The number of rotatable bonds is 6. The Morgan fingerprint density at radius 2 is 1.88 bits per heavy atom. The van der Waals surface area contributed by atoms with E-state index >= 15 is 0 Å². The van der Waals surface area contributed by atoms with Gasteiger partial charge in [-0.15, -0.1) is 0 Å². The summed E-state index contributed by atoms with van der Waals surface area (Å²) in [5.41, 5.74) is 2.64. The maximum Gasteiger partial charge on any atom is 0.338 e. The summed E-state index contributed by atoms with van der Waals surface area (Å²) in [6, 6.07) is 11.6. The molecule has 168 valence electrons. The summed E-state index contributed by atoms with van der Waals surface area (Å²) in [7, 11) is 1.58. The van der Waals surface area contributed by atoms with Crippen molar-refractivity contribution in [3.05, 3.63) is 76.7 Å². The Hall–Kier alpha value is -3.68. The fraction of sp³-hybridized carbons (Fsp3) is 0.292. The quantitative estimate of drug-likeness (QED) is 0.668. The molecule has 1 aliphatic rings. The van der Waals surface area contributed by atoms with Gasteiger partial charge < -0.3 is 20.3 Å². The van der Waals surface area contributed by atoms with E-state index in [2.05, 4.69) is 10.6 Å². The molecule has 0 aliphatic carbocycles. The third-order valence-electron chi connectivity index (χ3n) is 5.10. The van der Waals surface area contributed by atoms with Crippen molar-refractivity contribution < 1.29 is 23.5 Å². The zero-order valence-corrected chi connectivity index (χ0v) is 18.4. The molecular weight excluding hydrogens is 413 g/mol. The van der Waals surface area contributed by atoms with Crippen LogP contribution in [0.2, 0.25) is 0 Å². The second kappa shape index (κ2) is 9.64. The lowest BCUT2D eigenvalue weighted by atomic mass is 9.94. The Labute approximate surface area is 186 Å². The molecule has 2 aromatic rings. The van der Waals surface area contributed by atoms with Crippen molar-refractivity contribution in [2.45, 2.75) is 39.3 Å². The number of anilines is 1. The van der Waals surface area contributed by atoms with E-state index in [0.717, 1.165) is 0 Å². The summed E-state index contributed by atoms with van der Waals surface area (Å²) in [6.07, 6.45) is -0.232. The van der Waals surface area contributed by atoms with Gasteiger partial charge in [-0.05, 0) is 56.2 Å². The molecule has 0 saturated carbocycles. The smallest absolute Gasteiger partial charge is 0.338 e. The monoisotopic (exact) mass is 439 g/mol. The molecule has 2 aromatic carbocycles. The number of allylic oxidation sites excluding steroid dienone is 1. The number of hydrogen-bond donors (Lipinski definition) is 2. The van der Waals surface area contributed by atoms with Crippen molar-refractivity contribution in [3.63, 3.8) is 0 Å². The summed E-state index contributed by atoms with van der Waals surface area (Å²) >= 11 is 0. The van der Waals surface area contributed by atoms with E-state index in [0.29, 0.717) is 28.1 Å². The van der Waals surface area contributed by atoms with E-state index < -0.39 is 12.0 Å². The van der Waals surface area contributed by atoms with Crippen LogP contribution in [-0.4, -0.2) is 36.0 Å². The molecule has 1 atom stereocenters. The Kier molecular flexibility index (Phi) is 6.92. The molecule has 3 rings (SSSR count). The normalized spacial score (nSPS) is 16.1. The molecule has 7 nitrogen and oxygen atoms in total. The number of halogens is 1. The minimum atomic E-state index is -0.723. The predicted octanol–water partition coefficient (Wildman–Crippen LogP) is 3.93. The first-order valence-corrected chi connectivity index (χ1v) is 10.3. The number of nitrogens with zero attached hydrogens (tertiary/aromatic N) is 1. The number of ether oxygens (including phenoxy) is 1. The maximum atomic E-state index is 13.1. The molecule has 1 aliphatic heterocycles. The molecule has 0 aromatic heterocycles. The fourth-order valence-corrected chi connectivity index (χ4v) is 3.42. The van der Waals surface area contributed by atoms with Crippen LogP contribution in [0.25, 0.3) is 0 Å². The highest BCUT2D eigenvalue weighted by atomic mass is 19.1. The SMILES string of the molecule is CC1=C(C(=O)OC(C)C)[C@H](c2cccc(NC(=O)Cc3ccc(F)cc3)c2)NC(=O)N1C. The van der Waals surface area contributed by atoms with Crippen molar-refractivity contribution >= 4 is 23.6 Å². The van der Waals surface area contributed by atoms with Gasteiger partial charge in [-0.25, -0.2) is 14.0 Å². The van der Waals surface area contributed by atoms with Gasteiger partial charge in [0.2, 0.25) is 5.91 Å². The number of esters is 1. The summed E-state index contributed by atoms with van der Waals surface area (Å²) in [4.78, 5) is 39.0. The maximum absolute atomic E-state index is 13.1. The fourth-order valence-electron chi connectivity index (χ4n) is 3.42. The van der Waals surface area contributed by atoms with Crippen molar-refractivity contribution in [1.82, 2.24) is 10.2 Å². The van der Waals surface area contributed by atoms with Crippen LogP contribution < -0.4 is 10.6 Å². The molecule has 0 radical (unpaired) electrons. The van der Waals surface area contributed by atoms with Gasteiger partial charge in [0, 0.05) is 18.4 Å². The van der Waals surface area contributed by atoms with Crippen LogP contribution in [0.15, 0.2) is 59.8 Å². The zero-order valence-electron chi connectivity index (χ0n) is 18.4. The molecule has 0 spiro atoms. The van der Waals surface area contributed by atoms with Gasteiger partial charge in [0.05, 0.1) is 24.1 Å². The number of carbonyl (C=O) groups excluding carboxylic acids is 3. The Morgan fingerprint density at radius 3 is 2.53 bits per heavy atom. The molecule has 8 heteroatoms. The first-order valence-electron chi connectivity index (χ1n) is 10.3. The molecule has 1 heterocycles. The van der Waals surface area contributed by atoms with Crippen molar-refractivity contribution in [2.75, 3.05) is 12.4 Å². The molecular formula is C24H26FN3O4. The average Bonchev–Trinajstić information content (AvgIpc) is 2.73. The summed E-state index contributed by atoms with van der Waals surface area (Å²) in [5, 5.41) is 5.63. The van der Waals surface area contributed by atoms with Crippen LogP contribution in [0.3, 0.4) is 0 Å². The molecule has 2 N–H and O–H groups in total. The highest BCUT2D eigenvalue weighted by Crippen LogP contribution is 2.32. The highest BCUT2D eigenvalue weighted by Gasteiger charge is 2.35. The van der Waals surface area contributed by atoms with E-state index in [1.807, 2.05) is 0 Å². The van der Waals surface area contributed by atoms with E-state index in [1.165, 1.54) is 17.0 Å². The summed E-state index contributed by atoms with van der Waals surface area (Å²) in [6.45, 7) is 5.20. The molecule has 32 heavy (non-hydrogen) atoms. The summed E-state index contributed by atoms with van der Waals surface area (Å²) in [5.74, 6) is -1.15. The van der Waals surface area contributed by atoms with E-state index in [9.17, 15) is 18.8 Å². The number of benzene rings is 2. The number of hydrogen-bond acceptors (Lipinski definition) is 4. The first kappa shape index (κ1) is 23.0. The number of urea groups is 1. The van der Waals surface area contributed by atoms with Gasteiger partial charge in [0.15, 0.2) is 0 Å². The Bertz CT molecular complexity index is 1060. The van der Waals surface area contributed by atoms with Crippen molar-refractivity contribution in [1.29, 1.82) is 0 Å². The molecule has 0 fully saturated rings. The van der Waals surface area contributed by atoms with Gasteiger partial charge in [0.1, 0.15) is 5.82 Å². The lowest BCUT2D eigenvalue weighted by Gasteiger charge is -2.33. The number of carbonyl (C=O) groups is 3. The minimum absolute atomic E-state index is 0.0838. The third kappa shape index (κ3) is 5.32. The Morgan fingerprint density at radius 1 is 1.19 bits per heavy atom. The lowest BCUT2D eigenvalue weighted by molar-refractivity contribution is -0.143.